The zero-order chi connectivity index (χ0) is 22.8. The van der Waals surface area contributed by atoms with Crippen LogP contribution in [0.5, 0.6) is 0 Å². The van der Waals surface area contributed by atoms with Crippen LogP contribution in [0, 0.1) is 0 Å². The van der Waals surface area contributed by atoms with Crippen molar-refractivity contribution in [2.24, 2.45) is 0 Å². The summed E-state index contributed by atoms with van der Waals surface area (Å²) in [6, 6.07) is 16.3. The van der Waals surface area contributed by atoms with Crippen LogP contribution >= 0.6 is 23.2 Å². The Kier molecular flexibility index (Phi) is 6.75. The van der Waals surface area contributed by atoms with Crippen molar-refractivity contribution in [2.45, 2.75) is 69.9 Å². The highest BCUT2D eigenvalue weighted by Gasteiger charge is 2.31. The number of hydrogen-bond acceptors (Lipinski definition) is 2. The molecule has 1 amide bonds. The number of carbonyl (C=O) groups is 1. The first-order chi connectivity index (χ1) is 16.1. The number of hydrogen-bond donors (Lipinski definition) is 1. The summed E-state index contributed by atoms with van der Waals surface area (Å²) in [7, 11) is 0. The fraction of sp³-hybridized carbons (Fsp3) is 0.407. The first kappa shape index (κ1) is 22.5. The summed E-state index contributed by atoms with van der Waals surface area (Å²) in [6.07, 6.45) is 8.47. The zero-order valence-electron chi connectivity index (χ0n) is 18.7. The van der Waals surface area contributed by atoms with Gasteiger partial charge in [0, 0.05) is 33.3 Å². The molecule has 2 aliphatic rings. The number of rotatable bonds is 6. The summed E-state index contributed by atoms with van der Waals surface area (Å²) < 4.78 is 2.08. The molecular weight excluding hydrogens is 453 g/mol. The third-order valence-electron chi connectivity index (χ3n) is 7.01. The van der Waals surface area contributed by atoms with Gasteiger partial charge in [0.15, 0.2) is 5.69 Å². The molecule has 0 saturated heterocycles. The maximum absolute atomic E-state index is 13.2. The largest absolute Gasteiger partial charge is 0.348 e. The predicted octanol–water partition coefficient (Wildman–Crippen LogP) is 6.57. The lowest BCUT2D eigenvalue weighted by Gasteiger charge is -2.26. The summed E-state index contributed by atoms with van der Waals surface area (Å²) in [6.45, 7) is 0.632. The van der Waals surface area contributed by atoms with Gasteiger partial charge in [-0.05, 0) is 80.3 Å². The minimum Gasteiger partial charge on any atom is -0.348 e. The second-order valence-electron chi connectivity index (χ2n) is 9.37. The number of halogens is 2. The van der Waals surface area contributed by atoms with E-state index in [0.717, 1.165) is 66.1 Å². The van der Waals surface area contributed by atoms with E-state index in [-0.39, 0.29) is 5.91 Å². The van der Waals surface area contributed by atoms with Gasteiger partial charge in [-0.1, -0.05) is 53.9 Å². The smallest absolute Gasteiger partial charge is 0.272 e. The Morgan fingerprint density at radius 1 is 0.909 bits per heavy atom. The molecular formula is C27H29Cl2N3O. The van der Waals surface area contributed by atoms with E-state index in [0.29, 0.717) is 24.2 Å². The van der Waals surface area contributed by atoms with Crippen LogP contribution in [0.1, 0.15) is 77.3 Å². The molecule has 0 aliphatic heterocycles. The molecule has 1 N–H and O–H groups in total. The van der Waals surface area contributed by atoms with Gasteiger partial charge >= 0.3 is 0 Å². The van der Waals surface area contributed by atoms with Crippen molar-refractivity contribution in [3.05, 3.63) is 86.7 Å². The first-order valence-corrected chi connectivity index (χ1v) is 12.7. The minimum absolute atomic E-state index is 0.0158. The zero-order valence-corrected chi connectivity index (χ0v) is 20.2. The molecule has 4 nitrogen and oxygen atoms in total. The Morgan fingerprint density at radius 2 is 1.58 bits per heavy atom. The molecule has 5 rings (SSSR count). The normalized spacial score (nSPS) is 18.3. The maximum atomic E-state index is 13.2. The summed E-state index contributed by atoms with van der Waals surface area (Å²) >= 11 is 12.2. The van der Waals surface area contributed by atoms with E-state index in [1.54, 1.807) is 0 Å². The van der Waals surface area contributed by atoms with Crippen molar-refractivity contribution in [1.82, 2.24) is 15.1 Å². The van der Waals surface area contributed by atoms with Crippen LogP contribution in [0.2, 0.25) is 10.0 Å². The Morgan fingerprint density at radius 3 is 2.21 bits per heavy atom. The van der Waals surface area contributed by atoms with Gasteiger partial charge in [-0.25, -0.2) is 0 Å². The van der Waals surface area contributed by atoms with Crippen LogP contribution in [-0.2, 0) is 19.4 Å². The fourth-order valence-electron chi connectivity index (χ4n) is 5.02. The average molecular weight is 482 g/mol. The van der Waals surface area contributed by atoms with Crippen LogP contribution in [0.4, 0.5) is 0 Å². The second-order valence-corrected chi connectivity index (χ2v) is 10.2. The molecule has 2 aliphatic carbocycles. The highest BCUT2D eigenvalue weighted by molar-refractivity contribution is 6.30. The van der Waals surface area contributed by atoms with Crippen molar-refractivity contribution >= 4 is 29.1 Å². The molecule has 1 unspecified atom stereocenters. The molecule has 0 bridgehead atoms. The lowest BCUT2D eigenvalue weighted by atomic mass is 9.90. The van der Waals surface area contributed by atoms with Crippen molar-refractivity contribution in [2.75, 3.05) is 0 Å². The monoisotopic (exact) mass is 481 g/mol. The highest BCUT2D eigenvalue weighted by Crippen LogP contribution is 2.36. The van der Waals surface area contributed by atoms with Crippen LogP contribution in [0.15, 0.2) is 48.5 Å². The molecule has 172 valence electrons. The Bertz CT molecular complexity index is 1120. The summed E-state index contributed by atoms with van der Waals surface area (Å²) in [5.74, 6) is 0.298. The summed E-state index contributed by atoms with van der Waals surface area (Å²) in [5.41, 5.74) is 5.37. The Balaban J connectivity index is 1.52. The molecule has 1 atom stereocenters. The van der Waals surface area contributed by atoms with Gasteiger partial charge in [0.25, 0.3) is 5.91 Å². The van der Waals surface area contributed by atoms with Crippen LogP contribution in [0.25, 0.3) is 0 Å². The quantitative estimate of drug-likeness (QED) is 0.404. The van der Waals surface area contributed by atoms with E-state index in [1.807, 2.05) is 36.4 Å². The number of carbonyl (C=O) groups excluding carboxylic acids is 1. The Hall–Kier alpha value is -2.30. The van der Waals surface area contributed by atoms with Gasteiger partial charge in [0.2, 0.25) is 0 Å². The number of nitrogens with one attached hydrogen (secondary N) is 1. The number of benzene rings is 2. The van der Waals surface area contributed by atoms with E-state index in [4.69, 9.17) is 28.3 Å². The van der Waals surface area contributed by atoms with Crippen molar-refractivity contribution < 1.29 is 4.79 Å². The van der Waals surface area contributed by atoms with E-state index in [9.17, 15) is 4.79 Å². The third kappa shape index (κ3) is 5.12. The van der Waals surface area contributed by atoms with Crippen LogP contribution in [0.3, 0.4) is 0 Å². The fourth-order valence-corrected chi connectivity index (χ4v) is 5.27. The topological polar surface area (TPSA) is 46.9 Å². The SMILES string of the molecule is O=C(NC1CCC1)c1nn(Cc2ccc(Cl)cc2)c2c1CCCCC2Cc1ccc(Cl)cc1. The molecule has 33 heavy (non-hydrogen) atoms. The number of nitrogens with zero attached hydrogens (tertiary/aromatic N) is 2. The molecule has 2 aromatic carbocycles. The predicted molar refractivity (Wildman–Crippen MR) is 133 cm³/mol. The van der Waals surface area contributed by atoms with E-state index >= 15 is 0 Å². The number of aromatic nitrogens is 2. The number of fused-ring (bicyclic) bond motifs is 1. The van der Waals surface area contributed by atoms with Crippen LogP contribution < -0.4 is 5.32 Å². The standard InChI is InChI=1S/C27H29Cl2N3O/c28-21-12-8-18(9-13-21)16-20-4-1-2-7-24-25(27(33)30-23-5-3-6-23)31-32(26(20)24)17-19-10-14-22(29)15-11-19/h8-15,20,23H,1-7,16-17H2,(H,30,33). The van der Waals surface area contributed by atoms with Gasteiger partial charge in [-0.15, -0.1) is 0 Å². The van der Waals surface area contributed by atoms with Gasteiger partial charge in [0.1, 0.15) is 0 Å². The first-order valence-electron chi connectivity index (χ1n) is 12.0. The molecule has 3 aromatic rings. The van der Waals surface area contributed by atoms with E-state index in [2.05, 4.69) is 22.1 Å². The van der Waals surface area contributed by atoms with Crippen molar-refractivity contribution in [3.8, 4) is 0 Å². The van der Waals surface area contributed by atoms with Crippen LogP contribution in [-0.4, -0.2) is 21.7 Å². The molecule has 6 heteroatoms. The summed E-state index contributed by atoms with van der Waals surface area (Å²) in [4.78, 5) is 13.2. The average Bonchev–Trinajstić information content (AvgIpc) is 3.00. The third-order valence-corrected chi connectivity index (χ3v) is 7.51. The van der Waals surface area contributed by atoms with Gasteiger partial charge in [-0.3, -0.25) is 9.48 Å². The maximum Gasteiger partial charge on any atom is 0.272 e. The molecule has 0 radical (unpaired) electrons. The number of amides is 1. The highest BCUT2D eigenvalue weighted by atomic mass is 35.5. The lowest BCUT2D eigenvalue weighted by Crippen LogP contribution is -2.40. The van der Waals surface area contributed by atoms with Gasteiger partial charge in [0.05, 0.1) is 6.54 Å². The molecule has 0 spiro atoms. The van der Waals surface area contributed by atoms with E-state index in [1.165, 1.54) is 17.7 Å². The lowest BCUT2D eigenvalue weighted by molar-refractivity contribution is 0.0910. The Labute approximate surface area is 205 Å². The molecule has 1 heterocycles. The van der Waals surface area contributed by atoms with Gasteiger partial charge in [-0.2, -0.15) is 5.10 Å². The van der Waals surface area contributed by atoms with Crippen molar-refractivity contribution in [1.29, 1.82) is 0 Å². The molecule has 1 fully saturated rings. The summed E-state index contributed by atoms with van der Waals surface area (Å²) in [5, 5.41) is 9.61. The molecule has 1 saturated carbocycles. The second kappa shape index (κ2) is 9.90. The molecule has 1 aromatic heterocycles. The van der Waals surface area contributed by atoms with Gasteiger partial charge < -0.3 is 5.32 Å². The van der Waals surface area contributed by atoms with E-state index < -0.39 is 0 Å². The van der Waals surface area contributed by atoms with Crippen molar-refractivity contribution in [3.63, 3.8) is 0 Å². The minimum atomic E-state index is -0.0158.